The van der Waals surface area contributed by atoms with Gasteiger partial charge in [-0.05, 0) is 58.7 Å². The second-order valence-corrected chi connectivity index (χ2v) is 6.45. The first-order valence-corrected chi connectivity index (χ1v) is 8.28. The van der Waals surface area contributed by atoms with Crippen LogP contribution in [0, 0.1) is 6.92 Å². The normalized spacial score (nSPS) is 10.0. The lowest BCUT2D eigenvalue weighted by atomic mass is 10.2. The van der Waals surface area contributed by atoms with E-state index in [1.54, 1.807) is 30.3 Å². The molecule has 2 rings (SSSR count). The van der Waals surface area contributed by atoms with E-state index in [-0.39, 0.29) is 6.61 Å². The van der Waals surface area contributed by atoms with Crippen LogP contribution in [-0.2, 0) is 4.79 Å². The molecule has 0 saturated heterocycles. The van der Waals surface area contributed by atoms with E-state index >= 15 is 0 Å². The highest BCUT2D eigenvalue weighted by atomic mass is 79.9. The van der Waals surface area contributed by atoms with Crippen molar-refractivity contribution in [3.63, 3.8) is 0 Å². The fourth-order valence-corrected chi connectivity index (χ4v) is 2.73. The molecule has 2 aromatic rings. The number of rotatable bonds is 4. The molecule has 0 aliphatic rings. The van der Waals surface area contributed by atoms with E-state index in [1.807, 2.05) is 19.1 Å². The van der Waals surface area contributed by atoms with Crippen molar-refractivity contribution in [2.75, 3.05) is 6.61 Å². The third-order valence-electron chi connectivity index (χ3n) is 2.93. The van der Waals surface area contributed by atoms with Crippen LogP contribution in [0.5, 0.6) is 5.75 Å². The Morgan fingerprint density at radius 3 is 2.52 bits per heavy atom. The summed E-state index contributed by atoms with van der Waals surface area (Å²) in [5.41, 5.74) is 5.99. The van der Waals surface area contributed by atoms with E-state index in [0.29, 0.717) is 15.8 Å². The van der Waals surface area contributed by atoms with Crippen molar-refractivity contribution in [2.45, 2.75) is 6.92 Å². The zero-order valence-corrected chi connectivity index (χ0v) is 15.4. The van der Waals surface area contributed by atoms with Crippen LogP contribution in [0.1, 0.15) is 15.9 Å². The minimum Gasteiger partial charge on any atom is -0.483 e. The van der Waals surface area contributed by atoms with E-state index in [1.165, 1.54) is 0 Å². The Morgan fingerprint density at radius 1 is 1.09 bits per heavy atom. The van der Waals surface area contributed by atoms with Gasteiger partial charge in [-0.25, -0.2) is 0 Å². The van der Waals surface area contributed by atoms with Crippen molar-refractivity contribution in [1.29, 1.82) is 0 Å². The average molecular weight is 442 g/mol. The van der Waals surface area contributed by atoms with E-state index in [9.17, 15) is 9.59 Å². The second-order valence-electron chi connectivity index (χ2n) is 4.68. The summed E-state index contributed by atoms with van der Waals surface area (Å²) in [5, 5.41) is 0. The average Bonchev–Trinajstić information content (AvgIpc) is 2.52. The summed E-state index contributed by atoms with van der Waals surface area (Å²) in [6.07, 6.45) is 0. The molecule has 7 heteroatoms. The number of halogens is 2. The minimum atomic E-state index is -0.451. The van der Waals surface area contributed by atoms with Gasteiger partial charge in [0.15, 0.2) is 6.61 Å². The van der Waals surface area contributed by atoms with Crippen molar-refractivity contribution >= 4 is 43.7 Å². The van der Waals surface area contributed by atoms with Crippen molar-refractivity contribution in [1.82, 2.24) is 10.9 Å². The van der Waals surface area contributed by atoms with Crippen LogP contribution in [0.3, 0.4) is 0 Å². The molecule has 0 saturated carbocycles. The maximum atomic E-state index is 11.9. The van der Waals surface area contributed by atoms with Crippen molar-refractivity contribution in [3.8, 4) is 5.75 Å². The Kier molecular flexibility index (Phi) is 6.18. The molecule has 2 N–H and O–H groups in total. The molecule has 0 aliphatic carbocycles. The van der Waals surface area contributed by atoms with Crippen LogP contribution >= 0.6 is 31.9 Å². The summed E-state index contributed by atoms with van der Waals surface area (Å²) in [6, 6.07) is 12.4. The van der Waals surface area contributed by atoms with Gasteiger partial charge in [0.05, 0.1) is 5.56 Å². The Labute approximate surface area is 150 Å². The van der Waals surface area contributed by atoms with Crippen LogP contribution in [-0.4, -0.2) is 18.4 Å². The third-order valence-corrected chi connectivity index (χ3v) is 4.11. The maximum absolute atomic E-state index is 11.9. The lowest BCUT2D eigenvalue weighted by molar-refractivity contribution is -0.123. The van der Waals surface area contributed by atoms with Crippen molar-refractivity contribution < 1.29 is 14.3 Å². The number of carbonyl (C=O) groups is 2. The molecule has 2 aromatic carbocycles. The lowest BCUT2D eigenvalue weighted by Gasteiger charge is -2.11. The van der Waals surface area contributed by atoms with Crippen LogP contribution in [0.15, 0.2) is 51.4 Å². The van der Waals surface area contributed by atoms with Gasteiger partial charge < -0.3 is 4.74 Å². The number of nitrogens with one attached hydrogen (secondary N) is 2. The molecule has 0 spiro atoms. The number of hydrogen-bond donors (Lipinski definition) is 2. The molecule has 0 heterocycles. The van der Waals surface area contributed by atoms with Crippen LogP contribution < -0.4 is 15.6 Å². The molecule has 0 radical (unpaired) electrons. The van der Waals surface area contributed by atoms with Crippen molar-refractivity contribution in [2.24, 2.45) is 0 Å². The summed E-state index contributed by atoms with van der Waals surface area (Å²) in [4.78, 5) is 23.7. The van der Waals surface area contributed by atoms with Gasteiger partial charge in [0, 0.05) is 8.95 Å². The zero-order valence-electron chi connectivity index (χ0n) is 12.2. The monoisotopic (exact) mass is 440 g/mol. The predicted molar refractivity (Wildman–Crippen MR) is 94.1 cm³/mol. The van der Waals surface area contributed by atoms with Crippen molar-refractivity contribution in [3.05, 3.63) is 62.5 Å². The second kappa shape index (κ2) is 8.12. The first-order chi connectivity index (χ1) is 11.0. The first kappa shape index (κ1) is 17.5. The zero-order chi connectivity index (χ0) is 16.8. The molecule has 5 nitrogen and oxygen atoms in total. The number of hydrogen-bond acceptors (Lipinski definition) is 3. The molecule has 0 aromatic heterocycles. The highest BCUT2D eigenvalue weighted by Crippen LogP contribution is 2.21. The van der Waals surface area contributed by atoms with E-state index < -0.39 is 11.8 Å². The fraction of sp³-hybridized carbons (Fsp3) is 0.125. The number of aryl methyl sites for hydroxylation is 1. The summed E-state index contributed by atoms with van der Waals surface area (Å²) in [5.74, 6) is -0.251. The fourth-order valence-electron chi connectivity index (χ4n) is 1.79. The van der Waals surface area contributed by atoms with Gasteiger partial charge in [-0.15, -0.1) is 0 Å². The van der Waals surface area contributed by atoms with Gasteiger partial charge in [-0.3, -0.25) is 20.4 Å². The summed E-state index contributed by atoms with van der Waals surface area (Å²) in [7, 11) is 0. The molecule has 120 valence electrons. The number of benzene rings is 2. The molecule has 0 unspecified atom stereocenters. The molecule has 0 atom stereocenters. The Morgan fingerprint density at radius 2 is 1.83 bits per heavy atom. The highest BCUT2D eigenvalue weighted by molar-refractivity contribution is 9.10. The largest absolute Gasteiger partial charge is 0.483 e. The Balaban J connectivity index is 1.83. The van der Waals surface area contributed by atoms with E-state index in [2.05, 4.69) is 42.7 Å². The van der Waals surface area contributed by atoms with Gasteiger partial charge in [-0.1, -0.05) is 28.1 Å². The number of amides is 2. The number of ether oxygens (including phenoxy) is 1. The van der Waals surface area contributed by atoms with E-state index in [0.717, 1.165) is 10.0 Å². The molecule has 0 bridgehead atoms. The summed E-state index contributed by atoms with van der Waals surface area (Å²) in [6.45, 7) is 1.69. The molecular formula is C16H14Br2N2O3. The van der Waals surface area contributed by atoms with Crippen LogP contribution in [0.25, 0.3) is 0 Å². The lowest BCUT2D eigenvalue weighted by Crippen LogP contribution is -2.43. The summed E-state index contributed by atoms with van der Waals surface area (Å²) < 4.78 is 7.01. The first-order valence-electron chi connectivity index (χ1n) is 6.70. The molecule has 2 amide bonds. The number of hydrazine groups is 1. The van der Waals surface area contributed by atoms with Crippen LogP contribution in [0.4, 0.5) is 0 Å². The van der Waals surface area contributed by atoms with Gasteiger partial charge in [-0.2, -0.15) is 0 Å². The van der Waals surface area contributed by atoms with Gasteiger partial charge in [0.25, 0.3) is 11.8 Å². The topological polar surface area (TPSA) is 67.4 Å². The standard InChI is InChI=1S/C16H14Br2N2O3/c1-10-8-11(17)6-7-14(10)23-9-15(21)19-20-16(22)12-4-2-3-5-13(12)18/h2-8H,9H2,1H3,(H,19,21)(H,20,22). The Bertz CT molecular complexity index is 735. The highest BCUT2D eigenvalue weighted by Gasteiger charge is 2.11. The van der Waals surface area contributed by atoms with Gasteiger partial charge >= 0.3 is 0 Å². The Hall–Kier alpha value is -1.86. The van der Waals surface area contributed by atoms with Crippen LogP contribution in [0.2, 0.25) is 0 Å². The molecule has 23 heavy (non-hydrogen) atoms. The quantitative estimate of drug-likeness (QED) is 0.715. The van der Waals surface area contributed by atoms with Gasteiger partial charge in [0.1, 0.15) is 5.75 Å². The predicted octanol–water partition coefficient (Wildman–Crippen LogP) is 3.36. The minimum absolute atomic E-state index is 0.196. The maximum Gasteiger partial charge on any atom is 0.276 e. The SMILES string of the molecule is Cc1cc(Br)ccc1OCC(=O)NNC(=O)c1ccccc1Br. The summed E-state index contributed by atoms with van der Waals surface area (Å²) >= 11 is 6.64. The molecule has 0 aliphatic heterocycles. The van der Waals surface area contributed by atoms with Gasteiger partial charge in [0.2, 0.25) is 0 Å². The molecular weight excluding hydrogens is 428 g/mol. The smallest absolute Gasteiger partial charge is 0.276 e. The number of carbonyl (C=O) groups excluding carboxylic acids is 2. The molecule has 0 fully saturated rings. The van der Waals surface area contributed by atoms with E-state index in [4.69, 9.17) is 4.74 Å². The third kappa shape index (κ3) is 5.07.